The molecule has 0 fully saturated rings. The summed E-state index contributed by atoms with van der Waals surface area (Å²) < 4.78 is 2.37. The highest BCUT2D eigenvalue weighted by Crippen LogP contribution is 2.35. The van der Waals surface area contributed by atoms with Gasteiger partial charge in [0.05, 0.1) is 10.5 Å². The molecule has 3 aromatic rings. The number of fused-ring (bicyclic) bond motifs is 1. The van der Waals surface area contributed by atoms with E-state index in [1.807, 2.05) is 25.3 Å². The molecule has 6 nitrogen and oxygen atoms in total. The Balaban J connectivity index is 2.30. The number of hydrogen-bond acceptors (Lipinski definition) is 4. The highest BCUT2D eigenvalue weighted by molar-refractivity contribution is 9.10. The summed E-state index contributed by atoms with van der Waals surface area (Å²) in [5.41, 5.74) is 8.59. The van der Waals surface area contributed by atoms with Gasteiger partial charge in [0, 0.05) is 16.7 Å². The summed E-state index contributed by atoms with van der Waals surface area (Å²) in [6.07, 6.45) is 1.85. The number of pyridine rings is 1. The quantitative estimate of drug-likeness (QED) is 0.567. The van der Waals surface area contributed by atoms with Gasteiger partial charge < -0.3 is 5.73 Å². The number of aromatic nitrogens is 2. The maximum absolute atomic E-state index is 11.2. The molecule has 0 aliphatic rings. The van der Waals surface area contributed by atoms with Crippen molar-refractivity contribution < 1.29 is 4.92 Å². The van der Waals surface area contributed by atoms with Crippen LogP contribution in [0.5, 0.6) is 0 Å². The summed E-state index contributed by atoms with van der Waals surface area (Å²) in [4.78, 5) is 15.2. The van der Waals surface area contributed by atoms with Gasteiger partial charge in [-0.05, 0) is 30.7 Å². The molecule has 2 aromatic heterocycles. The Labute approximate surface area is 128 Å². The molecule has 0 unspecified atom stereocenters. The van der Waals surface area contributed by atoms with Gasteiger partial charge in [-0.15, -0.1) is 0 Å². The van der Waals surface area contributed by atoms with E-state index in [0.717, 1.165) is 5.56 Å². The number of nitrogens with zero attached hydrogens (tertiary/aromatic N) is 3. The van der Waals surface area contributed by atoms with Crippen molar-refractivity contribution in [3.63, 3.8) is 0 Å². The smallest absolute Gasteiger partial charge is 0.280 e. The minimum absolute atomic E-state index is 0.0313. The molecule has 106 valence electrons. The normalized spacial score (nSPS) is 11.0. The average Bonchev–Trinajstić information content (AvgIpc) is 2.76. The zero-order valence-electron chi connectivity index (χ0n) is 11.1. The van der Waals surface area contributed by atoms with Gasteiger partial charge >= 0.3 is 0 Å². The van der Waals surface area contributed by atoms with Gasteiger partial charge in [0.25, 0.3) is 5.69 Å². The van der Waals surface area contributed by atoms with Crippen LogP contribution in [0.15, 0.2) is 41.0 Å². The van der Waals surface area contributed by atoms with Gasteiger partial charge in [-0.1, -0.05) is 22.0 Å². The van der Waals surface area contributed by atoms with Crippen LogP contribution in [0.2, 0.25) is 0 Å². The SMILES string of the molecule is Cc1ccc2nc(-c3ccc(Br)cc3[N+](=O)[O-])c(N)n2c1. The molecule has 0 aliphatic carbocycles. The number of hydrogen-bond donors (Lipinski definition) is 1. The number of anilines is 1. The van der Waals surface area contributed by atoms with Crippen LogP contribution in [0.4, 0.5) is 11.5 Å². The van der Waals surface area contributed by atoms with Crippen molar-refractivity contribution in [3.05, 3.63) is 56.7 Å². The van der Waals surface area contributed by atoms with E-state index in [0.29, 0.717) is 27.2 Å². The number of nitro benzene ring substituents is 1. The van der Waals surface area contributed by atoms with E-state index < -0.39 is 4.92 Å². The maximum Gasteiger partial charge on any atom is 0.280 e. The van der Waals surface area contributed by atoms with Gasteiger partial charge in [-0.2, -0.15) is 0 Å². The van der Waals surface area contributed by atoms with Crippen molar-refractivity contribution in [2.24, 2.45) is 0 Å². The Bertz CT molecular complexity index is 873. The molecule has 7 heteroatoms. The maximum atomic E-state index is 11.2. The first-order valence-electron chi connectivity index (χ1n) is 6.16. The predicted molar refractivity (Wildman–Crippen MR) is 84.1 cm³/mol. The van der Waals surface area contributed by atoms with Crippen LogP contribution in [0.1, 0.15) is 5.56 Å². The molecule has 2 heterocycles. The molecular weight excluding hydrogens is 336 g/mol. The number of imidazole rings is 1. The third-order valence-corrected chi connectivity index (χ3v) is 3.71. The molecule has 0 atom stereocenters. The van der Waals surface area contributed by atoms with Gasteiger partial charge in [-0.25, -0.2) is 4.98 Å². The first-order chi connectivity index (χ1) is 9.97. The molecule has 3 rings (SSSR count). The summed E-state index contributed by atoms with van der Waals surface area (Å²) in [5, 5.41) is 11.2. The number of benzene rings is 1. The molecule has 0 spiro atoms. The number of nitrogens with two attached hydrogens (primary N) is 1. The molecule has 0 saturated carbocycles. The third-order valence-electron chi connectivity index (χ3n) is 3.21. The summed E-state index contributed by atoms with van der Waals surface area (Å²) in [6.45, 7) is 1.95. The van der Waals surface area contributed by atoms with Gasteiger partial charge in [0.15, 0.2) is 0 Å². The highest BCUT2D eigenvalue weighted by Gasteiger charge is 2.21. The van der Waals surface area contributed by atoms with E-state index in [1.165, 1.54) is 6.07 Å². The van der Waals surface area contributed by atoms with Gasteiger partial charge in [0.2, 0.25) is 0 Å². The Morgan fingerprint density at radius 1 is 1.33 bits per heavy atom. The molecule has 0 bridgehead atoms. The molecule has 0 saturated heterocycles. The standard InChI is InChI=1S/C14H11BrN4O2/c1-8-2-5-12-17-13(14(16)18(12)7-8)10-4-3-9(15)6-11(10)19(20)21/h2-7H,16H2,1H3. The molecule has 0 amide bonds. The first kappa shape index (κ1) is 13.6. The lowest BCUT2D eigenvalue weighted by molar-refractivity contribution is -0.384. The molecule has 2 N–H and O–H groups in total. The Kier molecular flexibility index (Phi) is 3.13. The number of aryl methyl sites for hydroxylation is 1. The molecule has 0 aliphatic heterocycles. The van der Waals surface area contributed by atoms with Crippen LogP contribution in [0.3, 0.4) is 0 Å². The van der Waals surface area contributed by atoms with Crippen LogP contribution >= 0.6 is 15.9 Å². The van der Waals surface area contributed by atoms with Crippen molar-refractivity contribution in [1.82, 2.24) is 9.38 Å². The summed E-state index contributed by atoms with van der Waals surface area (Å²) >= 11 is 3.24. The fourth-order valence-electron chi connectivity index (χ4n) is 2.22. The zero-order valence-corrected chi connectivity index (χ0v) is 12.7. The molecule has 0 radical (unpaired) electrons. The van der Waals surface area contributed by atoms with Crippen molar-refractivity contribution in [3.8, 4) is 11.3 Å². The molecule has 1 aromatic carbocycles. The average molecular weight is 347 g/mol. The van der Waals surface area contributed by atoms with E-state index >= 15 is 0 Å². The van der Waals surface area contributed by atoms with Crippen molar-refractivity contribution in [2.45, 2.75) is 6.92 Å². The van der Waals surface area contributed by atoms with E-state index in [-0.39, 0.29) is 5.69 Å². The van der Waals surface area contributed by atoms with E-state index in [1.54, 1.807) is 16.5 Å². The Hall–Kier alpha value is -2.41. The Morgan fingerprint density at radius 3 is 2.81 bits per heavy atom. The van der Waals surface area contributed by atoms with E-state index in [4.69, 9.17) is 5.73 Å². The van der Waals surface area contributed by atoms with Crippen LogP contribution in [0.25, 0.3) is 16.9 Å². The number of rotatable bonds is 2. The second-order valence-electron chi connectivity index (χ2n) is 4.70. The second-order valence-corrected chi connectivity index (χ2v) is 5.61. The van der Waals surface area contributed by atoms with Crippen molar-refractivity contribution >= 4 is 33.1 Å². The Morgan fingerprint density at radius 2 is 2.10 bits per heavy atom. The van der Waals surface area contributed by atoms with Crippen molar-refractivity contribution in [2.75, 3.05) is 5.73 Å². The number of nitrogen functional groups attached to an aromatic ring is 1. The van der Waals surface area contributed by atoms with Gasteiger partial charge in [-0.3, -0.25) is 14.5 Å². The lowest BCUT2D eigenvalue weighted by atomic mass is 10.1. The number of nitro groups is 1. The largest absolute Gasteiger partial charge is 0.383 e. The lowest BCUT2D eigenvalue weighted by Crippen LogP contribution is -1.97. The second kappa shape index (κ2) is 4.85. The van der Waals surface area contributed by atoms with Crippen LogP contribution < -0.4 is 5.73 Å². The summed E-state index contributed by atoms with van der Waals surface area (Å²) in [7, 11) is 0. The molecule has 21 heavy (non-hydrogen) atoms. The van der Waals surface area contributed by atoms with E-state index in [2.05, 4.69) is 20.9 Å². The first-order valence-corrected chi connectivity index (χ1v) is 6.95. The summed E-state index contributed by atoms with van der Waals surface area (Å²) in [6, 6.07) is 8.58. The predicted octanol–water partition coefficient (Wildman–Crippen LogP) is 3.56. The fraction of sp³-hybridized carbons (Fsp3) is 0.0714. The minimum Gasteiger partial charge on any atom is -0.383 e. The monoisotopic (exact) mass is 346 g/mol. The third kappa shape index (κ3) is 2.25. The topological polar surface area (TPSA) is 86.5 Å². The van der Waals surface area contributed by atoms with Crippen LogP contribution in [-0.2, 0) is 0 Å². The van der Waals surface area contributed by atoms with Crippen LogP contribution in [-0.4, -0.2) is 14.3 Å². The number of halogens is 1. The molecular formula is C14H11BrN4O2. The van der Waals surface area contributed by atoms with Crippen molar-refractivity contribution in [1.29, 1.82) is 0 Å². The highest BCUT2D eigenvalue weighted by atomic mass is 79.9. The zero-order chi connectivity index (χ0) is 15.1. The van der Waals surface area contributed by atoms with Crippen LogP contribution in [0, 0.1) is 17.0 Å². The van der Waals surface area contributed by atoms with E-state index in [9.17, 15) is 10.1 Å². The summed E-state index contributed by atoms with van der Waals surface area (Å²) in [5.74, 6) is 0.388. The minimum atomic E-state index is -0.436. The lowest BCUT2D eigenvalue weighted by Gasteiger charge is -2.02. The fourth-order valence-corrected chi connectivity index (χ4v) is 2.57. The van der Waals surface area contributed by atoms with Gasteiger partial charge in [0.1, 0.15) is 17.2 Å².